The lowest BCUT2D eigenvalue weighted by Gasteiger charge is -2.33. The summed E-state index contributed by atoms with van der Waals surface area (Å²) in [7, 11) is 0. The van der Waals surface area contributed by atoms with Gasteiger partial charge in [-0.3, -0.25) is 9.59 Å². The Morgan fingerprint density at radius 3 is 1.85 bits per heavy atom. The van der Waals surface area contributed by atoms with Gasteiger partial charge in [-0.25, -0.2) is 14.6 Å². The van der Waals surface area contributed by atoms with Crippen molar-refractivity contribution < 1.29 is 19.1 Å². The second-order valence-corrected chi connectivity index (χ2v) is 7.94. The molecule has 1 aliphatic rings. The predicted octanol–water partition coefficient (Wildman–Crippen LogP) is 5.60. The number of carbonyl (C=O) groups excluding carboxylic acids is 3. The Labute approximate surface area is 199 Å². The highest BCUT2D eigenvalue weighted by molar-refractivity contribution is 9.10. The van der Waals surface area contributed by atoms with E-state index in [2.05, 4.69) is 22.5 Å². The molecule has 0 N–H and O–H groups in total. The van der Waals surface area contributed by atoms with Crippen LogP contribution in [0.25, 0.3) is 6.08 Å². The number of ether oxygens (including phenoxy) is 1. The van der Waals surface area contributed by atoms with Crippen LogP contribution in [0, 0.1) is 0 Å². The highest BCUT2D eigenvalue weighted by Gasteiger charge is 2.43. The van der Waals surface area contributed by atoms with Gasteiger partial charge in [-0.15, -0.1) is 0 Å². The van der Waals surface area contributed by atoms with Crippen LogP contribution >= 0.6 is 15.9 Å². The smallest absolute Gasteiger partial charge is 0.343 e. The average molecular weight is 503 g/mol. The van der Waals surface area contributed by atoms with E-state index in [-0.39, 0.29) is 5.57 Å². The van der Waals surface area contributed by atoms with Gasteiger partial charge in [-0.2, -0.15) is 0 Å². The molecular formula is C26H19BrN2O4. The quantitative estimate of drug-likeness (QED) is 0.250. The van der Waals surface area contributed by atoms with Gasteiger partial charge in [0, 0.05) is 0 Å². The number of urea groups is 1. The molecule has 3 aromatic rings. The fourth-order valence-corrected chi connectivity index (χ4v) is 3.89. The van der Waals surface area contributed by atoms with Gasteiger partial charge in [0.1, 0.15) is 17.9 Å². The van der Waals surface area contributed by atoms with Crippen LogP contribution in [0.4, 0.5) is 16.2 Å². The molecule has 3 aromatic carbocycles. The van der Waals surface area contributed by atoms with E-state index in [0.29, 0.717) is 33.8 Å². The third-order valence-electron chi connectivity index (χ3n) is 4.90. The minimum Gasteiger partial charge on any atom is -0.488 e. The van der Waals surface area contributed by atoms with Gasteiger partial charge in [0.25, 0.3) is 11.8 Å². The van der Waals surface area contributed by atoms with Crippen LogP contribution in [-0.4, -0.2) is 24.5 Å². The maximum absolute atomic E-state index is 13.4. The molecule has 4 amide bonds. The van der Waals surface area contributed by atoms with Gasteiger partial charge in [0.2, 0.25) is 0 Å². The van der Waals surface area contributed by atoms with E-state index in [1.807, 2.05) is 0 Å². The van der Waals surface area contributed by atoms with Gasteiger partial charge < -0.3 is 4.74 Å². The summed E-state index contributed by atoms with van der Waals surface area (Å²) in [5.41, 5.74) is 1.22. The van der Waals surface area contributed by atoms with Crippen molar-refractivity contribution in [2.75, 3.05) is 16.4 Å². The lowest BCUT2D eigenvalue weighted by Crippen LogP contribution is -2.57. The zero-order chi connectivity index (χ0) is 23.4. The van der Waals surface area contributed by atoms with E-state index in [1.165, 1.54) is 6.08 Å². The fourth-order valence-electron chi connectivity index (χ4n) is 3.38. The van der Waals surface area contributed by atoms with Gasteiger partial charge in [-0.05, 0) is 64.0 Å². The second kappa shape index (κ2) is 9.67. The molecule has 1 saturated heterocycles. The van der Waals surface area contributed by atoms with Crippen LogP contribution in [0.5, 0.6) is 5.75 Å². The molecule has 33 heavy (non-hydrogen) atoms. The molecule has 7 heteroatoms. The first kappa shape index (κ1) is 22.2. The predicted molar refractivity (Wildman–Crippen MR) is 131 cm³/mol. The average Bonchev–Trinajstić information content (AvgIpc) is 2.83. The molecule has 1 fully saturated rings. The lowest BCUT2D eigenvalue weighted by molar-refractivity contribution is -0.121. The Morgan fingerprint density at radius 2 is 1.36 bits per heavy atom. The van der Waals surface area contributed by atoms with Crippen LogP contribution < -0.4 is 14.5 Å². The molecule has 0 spiro atoms. The highest BCUT2D eigenvalue weighted by Crippen LogP contribution is 2.31. The zero-order valence-corrected chi connectivity index (χ0v) is 19.1. The highest BCUT2D eigenvalue weighted by atomic mass is 79.9. The van der Waals surface area contributed by atoms with Crippen molar-refractivity contribution in [1.82, 2.24) is 0 Å². The minimum atomic E-state index is -0.728. The Kier molecular flexibility index (Phi) is 6.51. The summed E-state index contributed by atoms with van der Waals surface area (Å²) in [4.78, 5) is 42.0. The number of rotatable bonds is 6. The van der Waals surface area contributed by atoms with Crippen molar-refractivity contribution in [3.63, 3.8) is 0 Å². The maximum Gasteiger partial charge on any atom is 0.343 e. The summed E-state index contributed by atoms with van der Waals surface area (Å²) in [6.07, 6.45) is 3.11. The molecule has 0 saturated carbocycles. The molecule has 0 aromatic heterocycles. The Morgan fingerprint density at radius 1 is 0.818 bits per heavy atom. The van der Waals surface area contributed by atoms with Crippen molar-refractivity contribution >= 4 is 51.2 Å². The van der Waals surface area contributed by atoms with Crippen LogP contribution in [0.1, 0.15) is 5.56 Å². The van der Waals surface area contributed by atoms with E-state index in [4.69, 9.17) is 4.74 Å². The summed E-state index contributed by atoms with van der Waals surface area (Å²) < 4.78 is 6.21. The molecule has 164 valence electrons. The molecular weight excluding hydrogens is 484 g/mol. The molecule has 0 radical (unpaired) electrons. The third-order valence-corrected chi connectivity index (χ3v) is 5.52. The van der Waals surface area contributed by atoms with E-state index in [0.717, 1.165) is 9.80 Å². The summed E-state index contributed by atoms with van der Waals surface area (Å²) in [6, 6.07) is 21.5. The minimum absolute atomic E-state index is 0.131. The molecule has 0 bridgehead atoms. The number of anilines is 2. The van der Waals surface area contributed by atoms with E-state index in [9.17, 15) is 14.4 Å². The largest absolute Gasteiger partial charge is 0.488 e. The maximum atomic E-state index is 13.4. The van der Waals surface area contributed by atoms with Gasteiger partial charge in [-0.1, -0.05) is 55.1 Å². The number of hydrogen-bond donors (Lipinski definition) is 0. The third kappa shape index (κ3) is 4.49. The van der Waals surface area contributed by atoms with Crippen molar-refractivity contribution in [1.29, 1.82) is 0 Å². The molecule has 1 heterocycles. The van der Waals surface area contributed by atoms with Crippen molar-refractivity contribution in [3.05, 3.63) is 107 Å². The topological polar surface area (TPSA) is 66.9 Å². The number of para-hydroxylation sites is 2. The summed E-state index contributed by atoms with van der Waals surface area (Å²) >= 11 is 3.45. The molecule has 6 nitrogen and oxygen atoms in total. The molecule has 0 aliphatic carbocycles. The monoisotopic (exact) mass is 502 g/mol. The number of carbonyl (C=O) groups is 3. The Balaban J connectivity index is 1.80. The normalized spacial score (nSPS) is 13.8. The van der Waals surface area contributed by atoms with Gasteiger partial charge in [0.15, 0.2) is 0 Å². The van der Waals surface area contributed by atoms with Gasteiger partial charge in [0.05, 0.1) is 15.8 Å². The lowest BCUT2D eigenvalue weighted by atomic mass is 10.0. The Hall–Kier alpha value is -3.97. The number of imide groups is 2. The summed E-state index contributed by atoms with van der Waals surface area (Å²) in [5.74, 6) is -0.775. The SMILES string of the molecule is C=CCOc1ccc(C=C2C(=O)N(c3ccccc3)C(=O)N(c3ccccc3)C2=O)cc1Br. The van der Waals surface area contributed by atoms with Crippen LogP contribution in [0.15, 0.2) is 102 Å². The number of amides is 4. The standard InChI is InChI=1S/C26H19BrN2O4/c1-2-15-33-23-14-13-18(17-22(23)27)16-21-24(30)28(19-9-5-3-6-10-19)26(32)29(25(21)31)20-11-7-4-8-12-20/h2-14,16-17H,1,15H2. The van der Waals surface area contributed by atoms with E-state index < -0.39 is 17.8 Å². The number of nitrogens with zero attached hydrogens (tertiary/aromatic N) is 2. The molecule has 0 unspecified atom stereocenters. The van der Waals surface area contributed by atoms with E-state index in [1.54, 1.807) is 84.9 Å². The van der Waals surface area contributed by atoms with Gasteiger partial charge >= 0.3 is 6.03 Å². The van der Waals surface area contributed by atoms with E-state index >= 15 is 0 Å². The second-order valence-electron chi connectivity index (χ2n) is 7.08. The molecule has 4 rings (SSSR count). The molecule has 0 atom stereocenters. The summed E-state index contributed by atoms with van der Waals surface area (Å²) in [6.45, 7) is 3.97. The first-order chi connectivity index (χ1) is 16.0. The first-order valence-corrected chi connectivity index (χ1v) is 10.9. The number of barbiturate groups is 1. The fraction of sp³-hybridized carbons (Fsp3) is 0.0385. The zero-order valence-electron chi connectivity index (χ0n) is 17.5. The van der Waals surface area contributed by atoms with Crippen molar-refractivity contribution in [3.8, 4) is 5.75 Å². The first-order valence-electron chi connectivity index (χ1n) is 10.1. The number of hydrogen-bond acceptors (Lipinski definition) is 4. The Bertz CT molecular complexity index is 1190. The molecule has 1 aliphatic heterocycles. The number of benzene rings is 3. The van der Waals surface area contributed by atoms with Crippen molar-refractivity contribution in [2.45, 2.75) is 0 Å². The van der Waals surface area contributed by atoms with Crippen LogP contribution in [0.2, 0.25) is 0 Å². The van der Waals surface area contributed by atoms with Crippen molar-refractivity contribution in [2.24, 2.45) is 0 Å². The van der Waals surface area contributed by atoms with Crippen LogP contribution in [-0.2, 0) is 9.59 Å². The number of halogens is 1. The van der Waals surface area contributed by atoms with Crippen LogP contribution in [0.3, 0.4) is 0 Å². The summed E-state index contributed by atoms with van der Waals surface area (Å²) in [5, 5.41) is 0.